The highest BCUT2D eigenvalue weighted by molar-refractivity contribution is 7.99. The summed E-state index contributed by atoms with van der Waals surface area (Å²) in [5, 5.41) is 9.32. The van der Waals surface area contributed by atoms with Gasteiger partial charge in [-0.1, -0.05) is 18.7 Å². The third-order valence-corrected chi connectivity index (χ3v) is 6.22. The maximum atomic E-state index is 6.16. The van der Waals surface area contributed by atoms with Crippen LogP contribution >= 0.6 is 35.0 Å². The standard InChI is InChI=1S/C13H14Cl2N4S/c1-12(7-13(12,14)15)8-20-11-18-17-10(19(11)2)9-4-3-5-16-6-9/h3-6H,7-8H2,1-2H3/t12-/m1/s1. The summed E-state index contributed by atoms with van der Waals surface area (Å²) in [6.07, 6.45) is 4.34. The topological polar surface area (TPSA) is 43.6 Å². The number of aromatic nitrogens is 4. The van der Waals surface area contributed by atoms with E-state index < -0.39 is 4.33 Å². The van der Waals surface area contributed by atoms with Crippen molar-refractivity contribution in [3.8, 4) is 11.4 Å². The number of hydrogen-bond acceptors (Lipinski definition) is 4. The lowest BCUT2D eigenvalue weighted by molar-refractivity contribution is 0.651. The normalized spacial score (nSPS) is 23.8. The number of thioether (sulfide) groups is 1. The molecule has 0 radical (unpaired) electrons. The van der Waals surface area contributed by atoms with Crippen molar-refractivity contribution in [2.45, 2.75) is 22.8 Å². The summed E-state index contributed by atoms with van der Waals surface area (Å²) in [7, 11) is 1.95. The fourth-order valence-electron chi connectivity index (χ4n) is 2.01. The maximum absolute atomic E-state index is 6.16. The number of halogens is 2. The molecule has 0 aliphatic heterocycles. The Bertz CT molecular complexity index is 629. The molecule has 106 valence electrons. The van der Waals surface area contributed by atoms with E-state index >= 15 is 0 Å². The quantitative estimate of drug-likeness (QED) is 0.635. The fourth-order valence-corrected chi connectivity index (χ4v) is 4.07. The molecule has 0 bridgehead atoms. The monoisotopic (exact) mass is 328 g/mol. The number of nitrogens with zero attached hydrogens (tertiary/aromatic N) is 4. The molecule has 1 aliphatic rings. The van der Waals surface area contributed by atoms with Gasteiger partial charge in [0.15, 0.2) is 11.0 Å². The molecule has 2 heterocycles. The van der Waals surface area contributed by atoms with E-state index in [1.165, 1.54) is 0 Å². The minimum Gasteiger partial charge on any atom is -0.305 e. The first-order valence-corrected chi connectivity index (χ1v) is 7.98. The second kappa shape index (κ2) is 4.90. The van der Waals surface area contributed by atoms with Crippen LogP contribution in [0.5, 0.6) is 0 Å². The summed E-state index contributed by atoms with van der Waals surface area (Å²) in [5.74, 6) is 1.64. The molecule has 7 heteroatoms. The van der Waals surface area contributed by atoms with Crippen molar-refractivity contribution in [3.05, 3.63) is 24.5 Å². The zero-order valence-electron chi connectivity index (χ0n) is 11.2. The molecule has 1 fully saturated rings. The van der Waals surface area contributed by atoms with Crippen molar-refractivity contribution in [3.63, 3.8) is 0 Å². The van der Waals surface area contributed by atoms with Gasteiger partial charge in [0.05, 0.1) is 0 Å². The number of alkyl halides is 2. The molecule has 0 aromatic carbocycles. The van der Waals surface area contributed by atoms with E-state index in [2.05, 4.69) is 22.1 Å². The molecule has 2 aromatic rings. The van der Waals surface area contributed by atoms with E-state index in [-0.39, 0.29) is 5.41 Å². The average Bonchev–Trinajstić information content (AvgIpc) is 2.75. The Morgan fingerprint density at radius 3 is 2.75 bits per heavy atom. The molecular formula is C13H14Cl2N4S. The van der Waals surface area contributed by atoms with E-state index in [4.69, 9.17) is 23.2 Å². The smallest absolute Gasteiger partial charge is 0.191 e. The Labute approximate surface area is 131 Å². The van der Waals surface area contributed by atoms with Gasteiger partial charge in [-0.3, -0.25) is 4.98 Å². The fraction of sp³-hybridized carbons (Fsp3) is 0.462. The van der Waals surface area contributed by atoms with Crippen molar-refractivity contribution >= 4 is 35.0 Å². The molecule has 20 heavy (non-hydrogen) atoms. The summed E-state index contributed by atoms with van der Waals surface area (Å²) in [4.78, 5) is 4.10. The number of hydrogen-bond donors (Lipinski definition) is 0. The van der Waals surface area contributed by atoms with Crippen LogP contribution < -0.4 is 0 Å². The Morgan fingerprint density at radius 2 is 2.15 bits per heavy atom. The van der Waals surface area contributed by atoms with E-state index in [9.17, 15) is 0 Å². The minimum atomic E-state index is -0.592. The van der Waals surface area contributed by atoms with Crippen LogP contribution in [0.15, 0.2) is 29.7 Å². The van der Waals surface area contributed by atoms with E-state index in [1.54, 1.807) is 24.2 Å². The lowest BCUT2D eigenvalue weighted by atomic mass is 10.2. The number of pyridine rings is 1. The van der Waals surface area contributed by atoms with Gasteiger partial charge in [0.2, 0.25) is 0 Å². The van der Waals surface area contributed by atoms with Gasteiger partial charge in [-0.15, -0.1) is 33.4 Å². The van der Waals surface area contributed by atoms with Crippen LogP contribution in [0.2, 0.25) is 0 Å². The molecule has 0 amide bonds. The SMILES string of the molecule is Cn1c(SC[C@@]2(C)CC2(Cl)Cl)nnc1-c1cccnc1. The van der Waals surface area contributed by atoms with Crippen LogP contribution in [0.1, 0.15) is 13.3 Å². The van der Waals surface area contributed by atoms with E-state index in [0.29, 0.717) is 0 Å². The van der Waals surface area contributed by atoms with Crippen molar-refractivity contribution in [2.24, 2.45) is 12.5 Å². The minimum absolute atomic E-state index is 0.0405. The summed E-state index contributed by atoms with van der Waals surface area (Å²) >= 11 is 13.9. The predicted molar refractivity (Wildman–Crippen MR) is 82.1 cm³/mol. The molecule has 1 saturated carbocycles. The summed E-state index contributed by atoms with van der Waals surface area (Å²) in [6.45, 7) is 2.10. The van der Waals surface area contributed by atoms with Crippen LogP contribution in [0.4, 0.5) is 0 Å². The molecule has 1 aliphatic carbocycles. The highest BCUT2D eigenvalue weighted by Gasteiger charge is 2.62. The average molecular weight is 329 g/mol. The largest absolute Gasteiger partial charge is 0.305 e. The molecule has 0 unspecified atom stereocenters. The van der Waals surface area contributed by atoms with Crippen LogP contribution in [-0.2, 0) is 7.05 Å². The summed E-state index contributed by atoms with van der Waals surface area (Å²) < 4.78 is 1.38. The molecule has 0 spiro atoms. The van der Waals surface area contributed by atoms with E-state index in [1.807, 2.05) is 23.7 Å². The van der Waals surface area contributed by atoms with Crippen molar-refractivity contribution in [2.75, 3.05) is 5.75 Å². The van der Waals surface area contributed by atoms with Crippen LogP contribution in [0, 0.1) is 5.41 Å². The van der Waals surface area contributed by atoms with Gasteiger partial charge in [0, 0.05) is 36.2 Å². The first-order chi connectivity index (χ1) is 9.43. The molecular weight excluding hydrogens is 315 g/mol. The molecule has 1 atom stereocenters. The Balaban J connectivity index is 1.75. The van der Waals surface area contributed by atoms with Gasteiger partial charge in [0.1, 0.15) is 4.33 Å². The third-order valence-electron chi connectivity index (χ3n) is 3.64. The third kappa shape index (κ3) is 2.43. The zero-order valence-corrected chi connectivity index (χ0v) is 13.5. The molecule has 2 aromatic heterocycles. The van der Waals surface area contributed by atoms with Crippen molar-refractivity contribution in [1.82, 2.24) is 19.7 Å². The predicted octanol–water partition coefficient (Wildman–Crippen LogP) is 3.55. The first-order valence-electron chi connectivity index (χ1n) is 6.23. The number of rotatable bonds is 4. The molecule has 0 saturated heterocycles. The lowest BCUT2D eigenvalue weighted by Crippen LogP contribution is -2.08. The van der Waals surface area contributed by atoms with Crippen LogP contribution in [0.3, 0.4) is 0 Å². The maximum Gasteiger partial charge on any atom is 0.191 e. The van der Waals surface area contributed by atoms with Crippen molar-refractivity contribution in [1.29, 1.82) is 0 Å². The van der Waals surface area contributed by atoms with Gasteiger partial charge in [-0.2, -0.15) is 0 Å². The van der Waals surface area contributed by atoms with Gasteiger partial charge < -0.3 is 4.57 Å². The first kappa shape index (κ1) is 14.2. The molecule has 0 N–H and O–H groups in total. The Kier molecular flexibility index (Phi) is 3.47. The van der Waals surface area contributed by atoms with Gasteiger partial charge in [0.25, 0.3) is 0 Å². The van der Waals surface area contributed by atoms with Crippen molar-refractivity contribution < 1.29 is 0 Å². The summed E-state index contributed by atoms with van der Waals surface area (Å²) in [5.41, 5.74) is 0.914. The van der Waals surface area contributed by atoms with Crippen LogP contribution in [0.25, 0.3) is 11.4 Å². The zero-order chi connectivity index (χ0) is 14.4. The van der Waals surface area contributed by atoms with E-state index in [0.717, 1.165) is 28.7 Å². The van der Waals surface area contributed by atoms with Crippen LogP contribution in [-0.4, -0.2) is 29.8 Å². The second-order valence-corrected chi connectivity index (χ2v) is 7.76. The highest BCUT2D eigenvalue weighted by atomic mass is 35.5. The van der Waals surface area contributed by atoms with Gasteiger partial charge >= 0.3 is 0 Å². The lowest BCUT2D eigenvalue weighted by Gasteiger charge is -2.10. The Hall–Kier alpha value is -0.780. The Morgan fingerprint density at radius 1 is 1.40 bits per heavy atom. The molecule has 4 nitrogen and oxygen atoms in total. The van der Waals surface area contributed by atoms with Gasteiger partial charge in [-0.25, -0.2) is 0 Å². The molecule has 3 rings (SSSR count). The summed E-state index contributed by atoms with van der Waals surface area (Å²) in [6, 6.07) is 3.85. The second-order valence-electron chi connectivity index (χ2n) is 5.34. The highest BCUT2D eigenvalue weighted by Crippen LogP contribution is 2.65. The van der Waals surface area contributed by atoms with Gasteiger partial charge in [-0.05, 0) is 18.6 Å².